The normalized spacial score (nSPS) is 9.30. The number of carbonyl (C=O) groups is 1. The highest BCUT2D eigenvalue weighted by molar-refractivity contribution is 7.98. The average Bonchev–Trinajstić information content (AvgIpc) is 2.04. The Morgan fingerprint density at radius 1 is 1.70 bits per heavy atom. The Morgan fingerprint density at radius 2 is 2.50 bits per heavy atom. The van der Waals surface area contributed by atoms with Gasteiger partial charge in [0.05, 0.1) is 0 Å². The second kappa shape index (κ2) is 3.37. The van der Waals surface area contributed by atoms with Crippen LogP contribution in [0.25, 0.3) is 0 Å². The fraction of sp³-hybridized carbons (Fsp3) is 0.143. The zero-order chi connectivity index (χ0) is 7.40. The number of hydrogen-bond donors (Lipinski definition) is 0. The zero-order valence-corrected chi connectivity index (χ0v) is 6.39. The van der Waals surface area contributed by atoms with Crippen molar-refractivity contribution in [2.45, 2.75) is 4.90 Å². The molecule has 0 N–H and O–H groups in total. The maximum atomic E-state index is 10.3. The van der Waals surface area contributed by atoms with Crippen molar-refractivity contribution in [3.8, 4) is 0 Å². The summed E-state index contributed by atoms with van der Waals surface area (Å²) >= 11 is 1.53. The van der Waals surface area contributed by atoms with E-state index in [1.54, 1.807) is 18.5 Å². The maximum absolute atomic E-state index is 10.3. The van der Waals surface area contributed by atoms with Crippen LogP contribution in [-0.2, 0) is 0 Å². The van der Waals surface area contributed by atoms with Crippen molar-refractivity contribution in [1.29, 1.82) is 0 Å². The van der Waals surface area contributed by atoms with Crippen LogP contribution in [0.1, 0.15) is 10.4 Å². The van der Waals surface area contributed by atoms with Gasteiger partial charge in [-0.2, -0.15) is 0 Å². The van der Waals surface area contributed by atoms with Crippen molar-refractivity contribution in [3.63, 3.8) is 0 Å². The van der Waals surface area contributed by atoms with Crippen LogP contribution in [0, 0.1) is 0 Å². The third-order valence-corrected chi connectivity index (χ3v) is 1.94. The number of aromatic nitrogens is 1. The van der Waals surface area contributed by atoms with Crippen molar-refractivity contribution < 1.29 is 4.79 Å². The van der Waals surface area contributed by atoms with Gasteiger partial charge in [0, 0.05) is 22.9 Å². The van der Waals surface area contributed by atoms with Crippen LogP contribution in [0.3, 0.4) is 0 Å². The molecule has 2 nitrogen and oxygen atoms in total. The van der Waals surface area contributed by atoms with Crippen LogP contribution >= 0.6 is 11.8 Å². The Hall–Kier alpha value is -0.830. The van der Waals surface area contributed by atoms with E-state index in [1.165, 1.54) is 11.8 Å². The molecule has 1 aromatic heterocycles. The first-order valence-electron chi connectivity index (χ1n) is 2.81. The first-order valence-corrected chi connectivity index (χ1v) is 4.04. The zero-order valence-electron chi connectivity index (χ0n) is 5.57. The van der Waals surface area contributed by atoms with Crippen LogP contribution in [0.15, 0.2) is 23.4 Å². The van der Waals surface area contributed by atoms with E-state index >= 15 is 0 Å². The summed E-state index contributed by atoms with van der Waals surface area (Å²) in [7, 11) is 0. The smallest absolute Gasteiger partial charge is 0.151 e. The van der Waals surface area contributed by atoms with E-state index in [9.17, 15) is 4.79 Å². The Morgan fingerprint density at radius 3 is 3.00 bits per heavy atom. The molecular weight excluding hydrogens is 146 g/mol. The molecular formula is C7H7NOS. The highest BCUT2D eigenvalue weighted by atomic mass is 32.2. The minimum Gasteiger partial charge on any atom is -0.298 e. The van der Waals surface area contributed by atoms with Crippen molar-refractivity contribution in [3.05, 3.63) is 24.0 Å². The molecule has 0 fully saturated rings. The monoisotopic (exact) mass is 153 g/mol. The molecule has 0 spiro atoms. The Kier molecular flexibility index (Phi) is 2.45. The largest absolute Gasteiger partial charge is 0.298 e. The summed E-state index contributed by atoms with van der Waals surface area (Å²) in [4.78, 5) is 15.2. The first kappa shape index (κ1) is 7.28. The fourth-order valence-corrected chi connectivity index (χ4v) is 1.18. The van der Waals surface area contributed by atoms with E-state index in [0.717, 1.165) is 11.2 Å². The minimum absolute atomic E-state index is 0.711. The molecule has 0 unspecified atom stereocenters. The molecule has 1 heterocycles. The van der Waals surface area contributed by atoms with E-state index in [0.29, 0.717) is 5.56 Å². The van der Waals surface area contributed by atoms with Gasteiger partial charge >= 0.3 is 0 Å². The molecule has 10 heavy (non-hydrogen) atoms. The van der Waals surface area contributed by atoms with Gasteiger partial charge in [-0.1, -0.05) is 0 Å². The van der Waals surface area contributed by atoms with Gasteiger partial charge in [-0.3, -0.25) is 9.78 Å². The lowest BCUT2D eigenvalue weighted by Gasteiger charge is -1.96. The summed E-state index contributed by atoms with van der Waals surface area (Å²) < 4.78 is 0. The summed E-state index contributed by atoms with van der Waals surface area (Å²) in [6.07, 6.45) is 6.06. The highest BCUT2D eigenvalue weighted by Gasteiger charge is 1.96. The molecule has 1 rings (SSSR count). The number of rotatable bonds is 2. The van der Waals surface area contributed by atoms with Crippen LogP contribution < -0.4 is 0 Å². The molecule has 1 aromatic rings. The topological polar surface area (TPSA) is 30.0 Å². The molecule has 0 saturated carbocycles. The first-order chi connectivity index (χ1) is 4.88. The third kappa shape index (κ3) is 1.36. The molecule has 52 valence electrons. The SMILES string of the molecule is CSc1cnccc1C=O. The van der Waals surface area contributed by atoms with Crippen LogP contribution in [0.5, 0.6) is 0 Å². The average molecular weight is 153 g/mol. The summed E-state index contributed by atoms with van der Waals surface area (Å²) in [5, 5.41) is 0. The van der Waals surface area contributed by atoms with Crippen LogP contribution in [0.4, 0.5) is 0 Å². The number of hydrogen-bond acceptors (Lipinski definition) is 3. The lowest BCUT2D eigenvalue weighted by Crippen LogP contribution is -1.84. The van der Waals surface area contributed by atoms with Crippen molar-refractivity contribution in [2.75, 3.05) is 6.26 Å². The second-order valence-corrected chi connectivity index (χ2v) is 2.58. The Labute approximate surface area is 63.7 Å². The van der Waals surface area contributed by atoms with Gasteiger partial charge in [0.1, 0.15) is 0 Å². The van der Waals surface area contributed by atoms with Gasteiger partial charge in [-0.05, 0) is 12.3 Å². The fourth-order valence-electron chi connectivity index (χ4n) is 0.659. The molecule has 3 heteroatoms. The molecule has 0 amide bonds. The Balaban J connectivity index is 3.08. The molecule has 0 saturated heterocycles. The molecule has 0 aliphatic heterocycles. The molecule has 0 atom stereocenters. The lowest BCUT2D eigenvalue weighted by atomic mass is 10.3. The number of pyridine rings is 1. The van der Waals surface area contributed by atoms with E-state index in [4.69, 9.17) is 0 Å². The minimum atomic E-state index is 0.711. The van der Waals surface area contributed by atoms with Gasteiger partial charge in [0.2, 0.25) is 0 Å². The van der Waals surface area contributed by atoms with Crippen molar-refractivity contribution >= 4 is 18.0 Å². The van der Waals surface area contributed by atoms with Crippen molar-refractivity contribution in [1.82, 2.24) is 4.98 Å². The number of aldehydes is 1. The highest BCUT2D eigenvalue weighted by Crippen LogP contribution is 2.15. The third-order valence-electron chi connectivity index (χ3n) is 1.16. The van der Waals surface area contributed by atoms with Gasteiger partial charge in [0.15, 0.2) is 6.29 Å². The van der Waals surface area contributed by atoms with E-state index in [1.807, 2.05) is 6.26 Å². The van der Waals surface area contributed by atoms with Gasteiger partial charge in [0.25, 0.3) is 0 Å². The number of nitrogens with zero attached hydrogens (tertiary/aromatic N) is 1. The molecule has 0 bridgehead atoms. The van der Waals surface area contributed by atoms with E-state index < -0.39 is 0 Å². The van der Waals surface area contributed by atoms with Gasteiger partial charge in [-0.15, -0.1) is 11.8 Å². The molecule has 0 aromatic carbocycles. The molecule has 0 aliphatic carbocycles. The van der Waals surface area contributed by atoms with Crippen LogP contribution in [0.2, 0.25) is 0 Å². The maximum Gasteiger partial charge on any atom is 0.151 e. The predicted molar refractivity (Wildman–Crippen MR) is 41.4 cm³/mol. The van der Waals surface area contributed by atoms with Crippen LogP contribution in [-0.4, -0.2) is 17.5 Å². The predicted octanol–water partition coefficient (Wildman–Crippen LogP) is 1.62. The standard InChI is InChI=1S/C7H7NOS/c1-10-7-4-8-3-2-6(7)5-9/h2-5H,1H3. The summed E-state index contributed by atoms with van der Waals surface area (Å²) in [5.74, 6) is 0. The second-order valence-electron chi connectivity index (χ2n) is 1.74. The summed E-state index contributed by atoms with van der Waals surface area (Å²) in [6, 6.07) is 1.71. The quantitative estimate of drug-likeness (QED) is 0.477. The molecule has 0 aliphatic rings. The number of carbonyl (C=O) groups excluding carboxylic acids is 1. The lowest BCUT2D eigenvalue weighted by molar-refractivity contribution is 0.112. The van der Waals surface area contributed by atoms with Crippen molar-refractivity contribution in [2.24, 2.45) is 0 Å². The number of thioether (sulfide) groups is 1. The van der Waals surface area contributed by atoms with Gasteiger partial charge < -0.3 is 0 Å². The summed E-state index contributed by atoms with van der Waals surface area (Å²) in [6.45, 7) is 0. The Bertz CT molecular complexity index is 237. The summed E-state index contributed by atoms with van der Waals surface area (Å²) in [5.41, 5.74) is 0.711. The van der Waals surface area contributed by atoms with Gasteiger partial charge in [-0.25, -0.2) is 0 Å². The van der Waals surface area contributed by atoms with E-state index in [2.05, 4.69) is 4.98 Å². The molecule has 0 radical (unpaired) electrons. The van der Waals surface area contributed by atoms with E-state index in [-0.39, 0.29) is 0 Å².